The normalized spacial score (nSPS) is 15.0. The Balaban J connectivity index is 0.00000220. The van der Waals surface area contributed by atoms with Gasteiger partial charge in [-0.05, 0) is 45.0 Å². The summed E-state index contributed by atoms with van der Waals surface area (Å²) in [6.45, 7) is 4.27. The average molecular weight is 315 g/mol. The fourth-order valence-corrected chi connectivity index (χ4v) is 2.33. The number of methoxy groups -OCH3 is 1. The van der Waals surface area contributed by atoms with Gasteiger partial charge in [-0.1, -0.05) is 0 Å². The van der Waals surface area contributed by atoms with Crippen molar-refractivity contribution >= 4 is 24.0 Å². The topological polar surface area (TPSA) is 59.6 Å². The van der Waals surface area contributed by atoms with E-state index < -0.39 is 0 Å². The first kappa shape index (κ1) is 17.6. The zero-order chi connectivity index (χ0) is 14.4. The highest BCUT2D eigenvalue weighted by Gasteiger charge is 2.22. The van der Waals surface area contributed by atoms with Crippen molar-refractivity contribution in [1.29, 1.82) is 0 Å². The van der Waals surface area contributed by atoms with Gasteiger partial charge in [0.2, 0.25) is 5.91 Å². The van der Waals surface area contributed by atoms with Crippen LogP contribution in [-0.4, -0.2) is 32.7 Å². The number of anilines is 1. The Kier molecular flexibility index (Phi) is 7.32. The van der Waals surface area contributed by atoms with Crippen molar-refractivity contribution in [1.82, 2.24) is 5.32 Å². The van der Waals surface area contributed by atoms with Gasteiger partial charge in [-0.25, -0.2) is 0 Å². The number of piperidine rings is 1. The molecule has 2 rings (SSSR count). The van der Waals surface area contributed by atoms with Crippen LogP contribution in [0.5, 0.6) is 11.5 Å². The van der Waals surface area contributed by atoms with Crippen molar-refractivity contribution in [2.24, 2.45) is 5.92 Å². The Morgan fingerprint density at radius 3 is 2.71 bits per heavy atom. The standard InChI is InChI=1S/C15H22N2O3.ClH/c1-3-20-14-5-4-12(19-2)10-13(14)17-15(18)11-6-8-16-9-7-11;/h4-5,10-11,16H,3,6-9H2,1-2H3,(H,17,18);1H. The Hall–Kier alpha value is -1.46. The molecule has 1 saturated heterocycles. The van der Waals surface area contributed by atoms with Gasteiger partial charge in [0.05, 0.1) is 19.4 Å². The second-order valence-corrected chi connectivity index (χ2v) is 4.81. The Morgan fingerprint density at radius 1 is 1.38 bits per heavy atom. The number of amides is 1. The van der Waals surface area contributed by atoms with Gasteiger partial charge in [0.25, 0.3) is 0 Å². The summed E-state index contributed by atoms with van der Waals surface area (Å²) in [6, 6.07) is 5.44. The summed E-state index contributed by atoms with van der Waals surface area (Å²) in [4.78, 5) is 12.3. The number of carbonyl (C=O) groups excluding carboxylic acids is 1. The third-order valence-electron chi connectivity index (χ3n) is 3.45. The van der Waals surface area contributed by atoms with Gasteiger partial charge in [0, 0.05) is 12.0 Å². The quantitative estimate of drug-likeness (QED) is 0.876. The molecule has 0 saturated carbocycles. The number of ether oxygens (including phenoxy) is 2. The number of hydrogen-bond donors (Lipinski definition) is 2. The molecule has 1 aromatic rings. The summed E-state index contributed by atoms with van der Waals surface area (Å²) in [5.41, 5.74) is 0.676. The first-order valence-electron chi connectivity index (χ1n) is 7.07. The molecule has 0 aromatic heterocycles. The van der Waals surface area contributed by atoms with E-state index in [4.69, 9.17) is 9.47 Å². The molecular weight excluding hydrogens is 292 g/mol. The Morgan fingerprint density at radius 2 is 2.10 bits per heavy atom. The van der Waals surface area contributed by atoms with Crippen molar-refractivity contribution in [2.45, 2.75) is 19.8 Å². The second-order valence-electron chi connectivity index (χ2n) is 4.81. The number of benzene rings is 1. The lowest BCUT2D eigenvalue weighted by atomic mass is 9.97. The van der Waals surface area contributed by atoms with Gasteiger partial charge in [-0.15, -0.1) is 12.4 Å². The molecule has 1 amide bonds. The molecule has 0 bridgehead atoms. The van der Waals surface area contributed by atoms with Crippen LogP contribution in [0.3, 0.4) is 0 Å². The van der Waals surface area contributed by atoms with Crippen molar-refractivity contribution < 1.29 is 14.3 Å². The molecule has 0 spiro atoms. The summed E-state index contributed by atoms with van der Waals surface area (Å²) in [7, 11) is 1.61. The molecule has 6 heteroatoms. The number of nitrogens with one attached hydrogen (secondary N) is 2. The zero-order valence-corrected chi connectivity index (χ0v) is 13.3. The number of hydrogen-bond acceptors (Lipinski definition) is 4. The molecular formula is C15H23ClN2O3. The van der Waals surface area contributed by atoms with Crippen molar-refractivity contribution in [2.75, 3.05) is 32.1 Å². The van der Waals surface area contributed by atoms with Crippen LogP contribution in [0.4, 0.5) is 5.69 Å². The van der Waals surface area contributed by atoms with Crippen LogP contribution >= 0.6 is 12.4 Å². The second kappa shape index (κ2) is 8.74. The minimum atomic E-state index is 0. The highest BCUT2D eigenvalue weighted by atomic mass is 35.5. The van der Waals surface area contributed by atoms with Gasteiger partial charge < -0.3 is 20.1 Å². The van der Waals surface area contributed by atoms with Crippen LogP contribution < -0.4 is 20.1 Å². The van der Waals surface area contributed by atoms with Gasteiger partial charge in [-0.3, -0.25) is 4.79 Å². The fraction of sp³-hybridized carbons (Fsp3) is 0.533. The zero-order valence-electron chi connectivity index (χ0n) is 12.5. The van der Waals surface area contributed by atoms with E-state index in [2.05, 4.69) is 10.6 Å². The van der Waals surface area contributed by atoms with Gasteiger partial charge in [0.1, 0.15) is 11.5 Å². The number of rotatable bonds is 5. The molecule has 5 nitrogen and oxygen atoms in total. The van der Waals surface area contributed by atoms with E-state index >= 15 is 0 Å². The molecule has 0 radical (unpaired) electrons. The summed E-state index contributed by atoms with van der Waals surface area (Å²) in [5.74, 6) is 1.50. The van der Waals surface area contributed by atoms with Gasteiger partial charge >= 0.3 is 0 Å². The molecule has 1 aliphatic heterocycles. The third-order valence-corrected chi connectivity index (χ3v) is 3.45. The Bertz CT molecular complexity index is 462. The van der Waals surface area contributed by atoms with Crippen molar-refractivity contribution in [3.05, 3.63) is 18.2 Å². The number of carbonyl (C=O) groups is 1. The lowest BCUT2D eigenvalue weighted by Crippen LogP contribution is -2.34. The van der Waals surface area contributed by atoms with E-state index in [0.29, 0.717) is 23.8 Å². The van der Waals surface area contributed by atoms with Crippen LogP contribution in [0.15, 0.2) is 18.2 Å². The van der Waals surface area contributed by atoms with Crippen LogP contribution in [0.2, 0.25) is 0 Å². The molecule has 2 N–H and O–H groups in total. The van der Waals surface area contributed by atoms with E-state index in [1.54, 1.807) is 13.2 Å². The maximum atomic E-state index is 12.3. The van der Waals surface area contributed by atoms with E-state index in [1.165, 1.54) is 0 Å². The highest BCUT2D eigenvalue weighted by Crippen LogP contribution is 2.30. The lowest BCUT2D eigenvalue weighted by Gasteiger charge is -2.22. The minimum Gasteiger partial charge on any atom is -0.497 e. The smallest absolute Gasteiger partial charge is 0.227 e. The third kappa shape index (κ3) is 4.79. The van der Waals surface area contributed by atoms with Gasteiger partial charge in [0.15, 0.2) is 0 Å². The molecule has 118 valence electrons. The molecule has 1 fully saturated rings. The van der Waals surface area contributed by atoms with Crippen LogP contribution in [-0.2, 0) is 4.79 Å². The first-order chi connectivity index (χ1) is 9.74. The van der Waals surface area contributed by atoms with Crippen LogP contribution in [0.1, 0.15) is 19.8 Å². The molecule has 0 aliphatic carbocycles. The summed E-state index contributed by atoms with van der Waals surface area (Å²) in [6.07, 6.45) is 1.75. The van der Waals surface area contributed by atoms with Crippen molar-refractivity contribution in [3.8, 4) is 11.5 Å². The molecule has 21 heavy (non-hydrogen) atoms. The average Bonchev–Trinajstić information content (AvgIpc) is 2.50. The first-order valence-corrected chi connectivity index (χ1v) is 7.07. The SMILES string of the molecule is CCOc1ccc(OC)cc1NC(=O)C1CCNCC1.Cl. The maximum Gasteiger partial charge on any atom is 0.227 e. The molecule has 0 atom stereocenters. The predicted molar refractivity (Wildman–Crippen MR) is 85.6 cm³/mol. The molecule has 1 aromatic carbocycles. The largest absolute Gasteiger partial charge is 0.497 e. The van der Waals surface area contributed by atoms with Gasteiger partial charge in [-0.2, -0.15) is 0 Å². The Labute approximate surface area is 131 Å². The van der Waals surface area contributed by atoms with Crippen molar-refractivity contribution in [3.63, 3.8) is 0 Å². The number of halogens is 1. The lowest BCUT2D eigenvalue weighted by molar-refractivity contribution is -0.120. The molecule has 1 heterocycles. The van der Waals surface area contributed by atoms with E-state index in [1.807, 2.05) is 19.1 Å². The fourth-order valence-electron chi connectivity index (χ4n) is 2.33. The van der Waals surface area contributed by atoms with E-state index in [0.717, 1.165) is 25.9 Å². The summed E-state index contributed by atoms with van der Waals surface area (Å²) in [5, 5.41) is 6.23. The van der Waals surface area contributed by atoms with Crippen LogP contribution in [0.25, 0.3) is 0 Å². The maximum absolute atomic E-state index is 12.3. The highest BCUT2D eigenvalue weighted by molar-refractivity contribution is 5.94. The molecule has 0 unspecified atom stereocenters. The summed E-state index contributed by atoms with van der Waals surface area (Å²) < 4.78 is 10.7. The van der Waals surface area contributed by atoms with E-state index in [9.17, 15) is 4.79 Å². The minimum absolute atomic E-state index is 0. The monoisotopic (exact) mass is 314 g/mol. The van der Waals surface area contributed by atoms with E-state index in [-0.39, 0.29) is 24.2 Å². The molecule has 1 aliphatic rings. The predicted octanol–water partition coefficient (Wildman–Crippen LogP) is 2.45. The summed E-state index contributed by atoms with van der Waals surface area (Å²) >= 11 is 0. The van der Waals surface area contributed by atoms with Crippen LogP contribution in [0, 0.1) is 5.92 Å².